The van der Waals surface area contributed by atoms with Crippen LogP contribution in [0, 0.1) is 41.4 Å². The number of nitrogens with one attached hydrogen (secondary N) is 1. The van der Waals surface area contributed by atoms with Crippen LogP contribution in [0.15, 0.2) is 0 Å². The van der Waals surface area contributed by atoms with E-state index < -0.39 is 0 Å². The zero-order valence-corrected chi connectivity index (χ0v) is 21.6. The molecule has 7 atom stereocenters. The summed E-state index contributed by atoms with van der Waals surface area (Å²) in [6, 6.07) is 0.639. The summed E-state index contributed by atoms with van der Waals surface area (Å²) >= 11 is 0. The van der Waals surface area contributed by atoms with Crippen molar-refractivity contribution in [1.29, 1.82) is 0 Å². The van der Waals surface area contributed by atoms with Crippen molar-refractivity contribution in [3.8, 4) is 0 Å². The maximum atomic E-state index is 3.88. The SMILES string of the molecule is CCCCCC(CCCNC(C)C(C)C(C)CC(C)C1CCCC(C)C1)C(C)C. The molecule has 7 unspecified atom stereocenters. The first kappa shape index (κ1) is 27.0. The van der Waals surface area contributed by atoms with Crippen LogP contribution in [-0.4, -0.2) is 12.6 Å². The van der Waals surface area contributed by atoms with Gasteiger partial charge in [-0.3, -0.25) is 0 Å². The van der Waals surface area contributed by atoms with E-state index in [4.69, 9.17) is 0 Å². The van der Waals surface area contributed by atoms with Gasteiger partial charge in [0.2, 0.25) is 0 Å². The summed E-state index contributed by atoms with van der Waals surface area (Å²) in [4.78, 5) is 0. The quantitative estimate of drug-likeness (QED) is 0.267. The van der Waals surface area contributed by atoms with Gasteiger partial charge in [-0.2, -0.15) is 0 Å². The van der Waals surface area contributed by atoms with E-state index in [2.05, 4.69) is 60.7 Å². The molecule has 0 aliphatic heterocycles. The van der Waals surface area contributed by atoms with Crippen LogP contribution in [-0.2, 0) is 0 Å². The van der Waals surface area contributed by atoms with Crippen molar-refractivity contribution in [2.75, 3.05) is 6.54 Å². The van der Waals surface area contributed by atoms with Crippen molar-refractivity contribution in [1.82, 2.24) is 5.32 Å². The van der Waals surface area contributed by atoms with Gasteiger partial charge in [0.1, 0.15) is 0 Å². The van der Waals surface area contributed by atoms with E-state index in [0.29, 0.717) is 6.04 Å². The Morgan fingerprint density at radius 3 is 2.21 bits per heavy atom. The summed E-state index contributed by atoms with van der Waals surface area (Å²) < 4.78 is 0. The Balaban J connectivity index is 2.28. The second kappa shape index (κ2) is 14.9. The average Bonchev–Trinajstić information content (AvgIpc) is 2.68. The Hall–Kier alpha value is -0.0400. The zero-order valence-electron chi connectivity index (χ0n) is 21.6. The minimum absolute atomic E-state index is 0.639. The topological polar surface area (TPSA) is 12.0 Å². The van der Waals surface area contributed by atoms with Crippen LogP contribution in [0.2, 0.25) is 0 Å². The monoisotopic (exact) mass is 407 g/mol. The first-order valence-corrected chi connectivity index (χ1v) is 13.5. The van der Waals surface area contributed by atoms with Crippen LogP contribution in [0.4, 0.5) is 0 Å². The minimum atomic E-state index is 0.639. The second-order valence-corrected chi connectivity index (χ2v) is 11.5. The number of hydrogen-bond acceptors (Lipinski definition) is 1. The highest BCUT2D eigenvalue weighted by Crippen LogP contribution is 2.37. The van der Waals surface area contributed by atoms with Gasteiger partial charge in [0.15, 0.2) is 0 Å². The molecule has 1 fully saturated rings. The Morgan fingerprint density at radius 2 is 1.59 bits per heavy atom. The van der Waals surface area contributed by atoms with Crippen LogP contribution in [0.3, 0.4) is 0 Å². The number of unbranched alkanes of at least 4 members (excludes halogenated alkanes) is 2. The minimum Gasteiger partial charge on any atom is -0.314 e. The molecular weight excluding hydrogens is 350 g/mol. The molecule has 1 saturated carbocycles. The molecule has 0 aromatic rings. The lowest BCUT2D eigenvalue weighted by Gasteiger charge is -2.35. The zero-order chi connectivity index (χ0) is 21.8. The first-order chi connectivity index (χ1) is 13.8. The van der Waals surface area contributed by atoms with Gasteiger partial charge < -0.3 is 5.32 Å². The third-order valence-corrected chi connectivity index (χ3v) is 8.55. The van der Waals surface area contributed by atoms with Gasteiger partial charge in [0.05, 0.1) is 0 Å². The Kier molecular flexibility index (Phi) is 13.8. The molecule has 1 aliphatic rings. The molecule has 0 spiro atoms. The van der Waals surface area contributed by atoms with Crippen molar-refractivity contribution in [2.24, 2.45) is 41.4 Å². The highest BCUT2D eigenvalue weighted by molar-refractivity contribution is 4.80. The number of hydrogen-bond donors (Lipinski definition) is 1. The van der Waals surface area contributed by atoms with Crippen molar-refractivity contribution >= 4 is 0 Å². The largest absolute Gasteiger partial charge is 0.314 e. The summed E-state index contributed by atoms with van der Waals surface area (Å²) in [5.74, 6) is 6.20. The molecule has 1 heteroatoms. The van der Waals surface area contributed by atoms with Crippen LogP contribution < -0.4 is 5.32 Å². The fraction of sp³-hybridized carbons (Fsp3) is 1.00. The molecule has 174 valence electrons. The average molecular weight is 408 g/mol. The molecule has 29 heavy (non-hydrogen) atoms. The van der Waals surface area contributed by atoms with E-state index in [9.17, 15) is 0 Å². The van der Waals surface area contributed by atoms with Gasteiger partial charge in [-0.25, -0.2) is 0 Å². The smallest absolute Gasteiger partial charge is 0.00669 e. The van der Waals surface area contributed by atoms with Crippen molar-refractivity contribution in [3.63, 3.8) is 0 Å². The van der Waals surface area contributed by atoms with Crippen molar-refractivity contribution in [3.05, 3.63) is 0 Å². The Morgan fingerprint density at radius 1 is 0.897 bits per heavy atom. The summed E-state index contributed by atoms with van der Waals surface area (Å²) in [7, 11) is 0. The summed E-state index contributed by atoms with van der Waals surface area (Å²) in [5.41, 5.74) is 0. The molecule has 0 saturated heterocycles. The van der Waals surface area contributed by atoms with Gasteiger partial charge in [-0.15, -0.1) is 0 Å². The van der Waals surface area contributed by atoms with E-state index >= 15 is 0 Å². The highest BCUT2D eigenvalue weighted by Gasteiger charge is 2.27. The van der Waals surface area contributed by atoms with Gasteiger partial charge in [0, 0.05) is 6.04 Å². The fourth-order valence-electron chi connectivity index (χ4n) is 5.83. The maximum Gasteiger partial charge on any atom is 0.00669 e. The van der Waals surface area contributed by atoms with Gasteiger partial charge in [-0.05, 0) is 80.6 Å². The third-order valence-electron chi connectivity index (χ3n) is 8.55. The van der Waals surface area contributed by atoms with Crippen molar-refractivity contribution in [2.45, 2.75) is 132 Å². The fourth-order valence-corrected chi connectivity index (χ4v) is 5.83. The summed E-state index contributed by atoms with van der Waals surface area (Å²) in [5, 5.41) is 3.88. The van der Waals surface area contributed by atoms with Crippen LogP contribution >= 0.6 is 0 Å². The standard InChI is InChI=1S/C28H57N/c1-9-10-11-15-27(21(2)3)17-13-18-29-26(8)25(7)23(5)20-24(6)28-16-12-14-22(4)19-28/h21-29H,9-20H2,1-8H3. The molecule has 0 heterocycles. The molecule has 1 N–H and O–H groups in total. The second-order valence-electron chi connectivity index (χ2n) is 11.5. The summed E-state index contributed by atoms with van der Waals surface area (Å²) in [6.45, 7) is 20.8. The lowest BCUT2D eigenvalue weighted by molar-refractivity contribution is 0.168. The molecule has 0 aromatic heterocycles. The normalized spacial score (nSPS) is 25.6. The molecule has 0 bridgehead atoms. The van der Waals surface area contributed by atoms with E-state index in [1.807, 2.05) is 0 Å². The maximum absolute atomic E-state index is 3.88. The molecule has 0 aromatic carbocycles. The van der Waals surface area contributed by atoms with Crippen LogP contribution in [0.5, 0.6) is 0 Å². The molecular formula is C28H57N. The van der Waals surface area contributed by atoms with Crippen LogP contribution in [0.1, 0.15) is 126 Å². The molecule has 0 radical (unpaired) electrons. The van der Waals surface area contributed by atoms with Crippen LogP contribution in [0.25, 0.3) is 0 Å². The van der Waals surface area contributed by atoms with E-state index in [1.54, 1.807) is 0 Å². The van der Waals surface area contributed by atoms with Gasteiger partial charge in [-0.1, -0.05) is 93.4 Å². The van der Waals surface area contributed by atoms with E-state index in [0.717, 1.165) is 41.4 Å². The van der Waals surface area contributed by atoms with E-state index in [1.165, 1.54) is 77.2 Å². The lowest BCUT2D eigenvalue weighted by atomic mass is 9.72. The molecule has 1 nitrogen and oxygen atoms in total. The molecule has 1 rings (SSSR count). The lowest BCUT2D eigenvalue weighted by Crippen LogP contribution is -2.37. The Labute approximate surface area is 185 Å². The Bertz CT molecular complexity index is 390. The highest BCUT2D eigenvalue weighted by atomic mass is 14.9. The first-order valence-electron chi connectivity index (χ1n) is 13.5. The summed E-state index contributed by atoms with van der Waals surface area (Å²) in [6.07, 6.45) is 15.7. The third kappa shape index (κ3) is 10.7. The predicted molar refractivity (Wildman–Crippen MR) is 132 cm³/mol. The number of rotatable bonds is 15. The molecule has 0 amide bonds. The molecule has 1 aliphatic carbocycles. The predicted octanol–water partition coefficient (Wildman–Crippen LogP) is 8.72. The van der Waals surface area contributed by atoms with Crippen molar-refractivity contribution < 1.29 is 0 Å². The van der Waals surface area contributed by atoms with Gasteiger partial charge in [0.25, 0.3) is 0 Å². The van der Waals surface area contributed by atoms with E-state index in [-0.39, 0.29) is 0 Å². The van der Waals surface area contributed by atoms with Gasteiger partial charge >= 0.3 is 0 Å².